The van der Waals surface area contributed by atoms with Crippen LogP contribution in [0.4, 0.5) is 0 Å². The quantitative estimate of drug-likeness (QED) is 0.517. The average molecular weight is 148 g/mol. The van der Waals surface area contributed by atoms with Gasteiger partial charge in [-0.3, -0.25) is 0 Å². The summed E-state index contributed by atoms with van der Waals surface area (Å²) in [6.07, 6.45) is -1.05. The third-order valence-electron chi connectivity index (χ3n) is 2.02. The topological polar surface area (TPSA) is 60.7 Å². The summed E-state index contributed by atoms with van der Waals surface area (Å²) < 4.78 is 0. The van der Waals surface area contributed by atoms with Gasteiger partial charge in [0.1, 0.15) is 6.10 Å². The Bertz CT molecular complexity index is 99.0. The maximum Gasteiger partial charge on any atom is 0.106 e. The van der Waals surface area contributed by atoms with Gasteiger partial charge >= 0.3 is 0 Å². The second kappa shape index (κ2) is 3.32. The Morgan fingerprint density at radius 2 is 1.80 bits per heavy atom. The smallest absolute Gasteiger partial charge is 0.106 e. The summed E-state index contributed by atoms with van der Waals surface area (Å²) in [6.45, 7) is 4.70. The molecule has 0 aliphatic heterocycles. The number of rotatable bonds is 3. The lowest BCUT2D eigenvalue weighted by Gasteiger charge is -2.31. The molecule has 0 aromatic heterocycles. The fourth-order valence-corrected chi connectivity index (χ4v) is 0.570. The van der Waals surface area contributed by atoms with Gasteiger partial charge in [-0.05, 0) is 12.8 Å². The molecule has 3 nitrogen and oxygen atoms in total. The molecule has 0 radical (unpaired) electrons. The maximum atomic E-state index is 9.45. The standard InChI is InChI=1S/C7H16O3/c1-5(2)7(3,10)6(9)4-8/h5-6,8-10H,4H2,1-3H3. The first kappa shape index (κ1) is 9.88. The SMILES string of the molecule is CC(C)C(C)(O)C(O)CO. The van der Waals surface area contributed by atoms with E-state index in [0.717, 1.165) is 0 Å². The van der Waals surface area contributed by atoms with E-state index in [-0.39, 0.29) is 5.92 Å². The minimum atomic E-state index is -1.19. The highest BCUT2D eigenvalue weighted by Gasteiger charge is 2.32. The minimum Gasteiger partial charge on any atom is -0.394 e. The second-order valence-corrected chi connectivity index (χ2v) is 3.08. The molecule has 3 heteroatoms. The van der Waals surface area contributed by atoms with Crippen molar-refractivity contribution in [3.05, 3.63) is 0 Å². The molecule has 2 unspecified atom stereocenters. The van der Waals surface area contributed by atoms with E-state index in [1.54, 1.807) is 13.8 Å². The highest BCUT2D eigenvalue weighted by atomic mass is 16.4. The van der Waals surface area contributed by atoms with Gasteiger partial charge < -0.3 is 15.3 Å². The van der Waals surface area contributed by atoms with Gasteiger partial charge in [0.25, 0.3) is 0 Å². The van der Waals surface area contributed by atoms with Crippen LogP contribution in [0.25, 0.3) is 0 Å². The van der Waals surface area contributed by atoms with Crippen molar-refractivity contribution in [3.63, 3.8) is 0 Å². The Kier molecular flexibility index (Phi) is 3.28. The van der Waals surface area contributed by atoms with Crippen molar-refractivity contribution in [2.45, 2.75) is 32.5 Å². The predicted octanol–water partition coefficient (Wildman–Crippen LogP) is -0.253. The van der Waals surface area contributed by atoms with E-state index in [1.165, 1.54) is 6.92 Å². The molecule has 0 amide bonds. The molecule has 0 aliphatic rings. The van der Waals surface area contributed by atoms with Crippen molar-refractivity contribution in [2.24, 2.45) is 5.92 Å². The van der Waals surface area contributed by atoms with Gasteiger partial charge in [0.15, 0.2) is 0 Å². The van der Waals surface area contributed by atoms with Crippen LogP contribution in [-0.4, -0.2) is 33.6 Å². The molecule has 0 saturated carbocycles. The summed E-state index contributed by atoms with van der Waals surface area (Å²) in [6, 6.07) is 0. The number of hydrogen-bond acceptors (Lipinski definition) is 3. The Hall–Kier alpha value is -0.120. The van der Waals surface area contributed by atoms with Crippen LogP contribution in [0.2, 0.25) is 0 Å². The fourth-order valence-electron chi connectivity index (χ4n) is 0.570. The van der Waals surface area contributed by atoms with Crippen LogP contribution in [0.1, 0.15) is 20.8 Å². The molecule has 10 heavy (non-hydrogen) atoms. The zero-order valence-corrected chi connectivity index (χ0v) is 6.70. The largest absolute Gasteiger partial charge is 0.394 e. The van der Waals surface area contributed by atoms with Crippen molar-refractivity contribution < 1.29 is 15.3 Å². The van der Waals surface area contributed by atoms with E-state index < -0.39 is 18.3 Å². The van der Waals surface area contributed by atoms with Crippen LogP contribution in [0.5, 0.6) is 0 Å². The summed E-state index contributed by atoms with van der Waals surface area (Å²) in [5.74, 6) is -0.0605. The Balaban J connectivity index is 4.09. The van der Waals surface area contributed by atoms with Crippen LogP contribution < -0.4 is 0 Å². The highest BCUT2D eigenvalue weighted by molar-refractivity contribution is 4.83. The molecular weight excluding hydrogens is 132 g/mol. The summed E-state index contributed by atoms with van der Waals surface area (Å²) in [7, 11) is 0. The van der Waals surface area contributed by atoms with Gasteiger partial charge in [0.05, 0.1) is 12.2 Å². The average Bonchev–Trinajstić information content (AvgIpc) is 1.86. The van der Waals surface area contributed by atoms with Crippen molar-refractivity contribution in [3.8, 4) is 0 Å². The van der Waals surface area contributed by atoms with Crippen molar-refractivity contribution in [1.29, 1.82) is 0 Å². The molecule has 0 bridgehead atoms. The van der Waals surface area contributed by atoms with E-state index in [1.807, 2.05) is 0 Å². The summed E-state index contributed by atoms with van der Waals surface area (Å²) in [5, 5.41) is 27.0. The molecule has 0 heterocycles. The zero-order chi connectivity index (χ0) is 8.36. The van der Waals surface area contributed by atoms with Gasteiger partial charge in [-0.25, -0.2) is 0 Å². The molecule has 62 valence electrons. The number of aliphatic hydroxyl groups excluding tert-OH is 2. The van der Waals surface area contributed by atoms with E-state index >= 15 is 0 Å². The van der Waals surface area contributed by atoms with E-state index in [4.69, 9.17) is 10.2 Å². The molecule has 2 atom stereocenters. The van der Waals surface area contributed by atoms with Gasteiger partial charge in [0.2, 0.25) is 0 Å². The van der Waals surface area contributed by atoms with E-state index in [0.29, 0.717) is 0 Å². The molecule has 0 aromatic carbocycles. The summed E-state index contributed by atoms with van der Waals surface area (Å²) >= 11 is 0. The first-order valence-electron chi connectivity index (χ1n) is 3.44. The molecule has 0 saturated heterocycles. The second-order valence-electron chi connectivity index (χ2n) is 3.08. The van der Waals surface area contributed by atoms with Gasteiger partial charge in [-0.15, -0.1) is 0 Å². The molecular formula is C7H16O3. The molecule has 3 N–H and O–H groups in total. The van der Waals surface area contributed by atoms with E-state index in [9.17, 15) is 5.11 Å². The van der Waals surface area contributed by atoms with E-state index in [2.05, 4.69) is 0 Å². The Morgan fingerprint density at radius 1 is 1.40 bits per heavy atom. The molecule has 0 rings (SSSR count). The van der Waals surface area contributed by atoms with Crippen LogP contribution in [0.15, 0.2) is 0 Å². The van der Waals surface area contributed by atoms with Crippen molar-refractivity contribution in [1.82, 2.24) is 0 Å². The molecule has 0 aromatic rings. The minimum absolute atomic E-state index is 0.0605. The third kappa shape index (κ3) is 1.94. The lowest BCUT2D eigenvalue weighted by Crippen LogP contribution is -2.45. The van der Waals surface area contributed by atoms with Gasteiger partial charge in [-0.2, -0.15) is 0 Å². The Labute approximate surface area is 61.3 Å². The maximum absolute atomic E-state index is 9.45. The molecule has 0 aliphatic carbocycles. The first-order valence-corrected chi connectivity index (χ1v) is 3.44. The normalized spacial score (nSPS) is 20.7. The zero-order valence-electron chi connectivity index (χ0n) is 6.70. The van der Waals surface area contributed by atoms with Crippen LogP contribution in [0.3, 0.4) is 0 Å². The van der Waals surface area contributed by atoms with Crippen LogP contribution in [0, 0.1) is 5.92 Å². The number of aliphatic hydroxyl groups is 3. The van der Waals surface area contributed by atoms with Crippen molar-refractivity contribution >= 4 is 0 Å². The lowest BCUT2D eigenvalue weighted by atomic mass is 9.87. The third-order valence-corrected chi connectivity index (χ3v) is 2.02. The predicted molar refractivity (Wildman–Crippen MR) is 38.6 cm³/mol. The first-order chi connectivity index (χ1) is 4.42. The number of hydrogen-bond donors (Lipinski definition) is 3. The van der Waals surface area contributed by atoms with Gasteiger partial charge in [0, 0.05) is 0 Å². The molecule has 0 spiro atoms. The lowest BCUT2D eigenvalue weighted by molar-refractivity contribution is -0.109. The van der Waals surface area contributed by atoms with Crippen molar-refractivity contribution in [2.75, 3.05) is 6.61 Å². The van der Waals surface area contributed by atoms with Crippen LogP contribution in [-0.2, 0) is 0 Å². The highest BCUT2D eigenvalue weighted by Crippen LogP contribution is 2.19. The fraction of sp³-hybridized carbons (Fsp3) is 1.00. The summed E-state index contributed by atoms with van der Waals surface area (Å²) in [4.78, 5) is 0. The Morgan fingerprint density at radius 3 is 1.90 bits per heavy atom. The van der Waals surface area contributed by atoms with Gasteiger partial charge in [-0.1, -0.05) is 13.8 Å². The summed E-state index contributed by atoms with van der Waals surface area (Å²) in [5.41, 5.74) is -1.19. The molecule has 0 fully saturated rings. The van der Waals surface area contributed by atoms with Crippen LogP contribution >= 0.6 is 0 Å². The monoisotopic (exact) mass is 148 g/mol.